The van der Waals surface area contributed by atoms with E-state index in [1.54, 1.807) is 11.3 Å². The zero-order valence-electron chi connectivity index (χ0n) is 11.5. The minimum atomic E-state index is 0.744. The van der Waals surface area contributed by atoms with E-state index >= 15 is 0 Å². The monoisotopic (exact) mass is 288 g/mol. The molecule has 2 aromatic rings. The van der Waals surface area contributed by atoms with Gasteiger partial charge in [-0.2, -0.15) is 0 Å². The van der Waals surface area contributed by atoms with E-state index in [-0.39, 0.29) is 0 Å². The highest BCUT2D eigenvalue weighted by molar-refractivity contribution is 7.09. The Morgan fingerprint density at radius 3 is 2.60 bits per heavy atom. The molecule has 3 nitrogen and oxygen atoms in total. The summed E-state index contributed by atoms with van der Waals surface area (Å²) in [6, 6.07) is 12.7. The number of nitrogens with one attached hydrogen (secondary N) is 1. The molecule has 3 rings (SSSR count). The Morgan fingerprint density at radius 1 is 1.10 bits per heavy atom. The van der Waals surface area contributed by atoms with Crippen molar-refractivity contribution in [1.82, 2.24) is 5.32 Å². The van der Waals surface area contributed by atoms with Crippen molar-refractivity contribution in [2.45, 2.75) is 6.42 Å². The van der Waals surface area contributed by atoms with Crippen LogP contribution in [-0.4, -0.2) is 32.8 Å². The molecule has 1 saturated heterocycles. The Balaban J connectivity index is 1.50. The fraction of sp³-hybridized carbons (Fsp3) is 0.375. The van der Waals surface area contributed by atoms with E-state index in [9.17, 15) is 0 Å². The molecule has 0 bridgehead atoms. The van der Waals surface area contributed by atoms with Crippen molar-refractivity contribution in [3.05, 3.63) is 46.7 Å². The van der Waals surface area contributed by atoms with Gasteiger partial charge in [0.1, 0.15) is 5.75 Å². The summed E-state index contributed by atoms with van der Waals surface area (Å²) in [5.74, 6) is 0.959. The number of nitrogens with zero attached hydrogens (tertiary/aromatic N) is 1. The lowest BCUT2D eigenvalue weighted by Gasteiger charge is -2.29. The Labute approximate surface area is 124 Å². The van der Waals surface area contributed by atoms with Crippen molar-refractivity contribution < 1.29 is 4.74 Å². The van der Waals surface area contributed by atoms with Crippen LogP contribution in [0.1, 0.15) is 4.88 Å². The molecule has 0 atom stereocenters. The van der Waals surface area contributed by atoms with Gasteiger partial charge >= 0.3 is 0 Å². The highest BCUT2D eigenvalue weighted by atomic mass is 32.1. The molecule has 1 aromatic carbocycles. The third-order valence-electron chi connectivity index (χ3n) is 3.52. The number of rotatable bonds is 5. The molecule has 20 heavy (non-hydrogen) atoms. The normalized spacial score (nSPS) is 15.3. The molecule has 106 valence electrons. The van der Waals surface area contributed by atoms with Crippen LogP contribution in [0.25, 0.3) is 0 Å². The van der Waals surface area contributed by atoms with Gasteiger partial charge in [0.25, 0.3) is 0 Å². The van der Waals surface area contributed by atoms with Crippen molar-refractivity contribution in [3.63, 3.8) is 0 Å². The minimum Gasteiger partial charge on any atom is -0.493 e. The van der Waals surface area contributed by atoms with E-state index in [1.165, 1.54) is 10.6 Å². The summed E-state index contributed by atoms with van der Waals surface area (Å²) in [6.45, 7) is 5.04. The predicted molar refractivity (Wildman–Crippen MR) is 85.0 cm³/mol. The summed E-state index contributed by atoms with van der Waals surface area (Å²) in [7, 11) is 0. The van der Waals surface area contributed by atoms with Crippen LogP contribution in [0.4, 0.5) is 5.69 Å². The Morgan fingerprint density at radius 2 is 1.90 bits per heavy atom. The summed E-state index contributed by atoms with van der Waals surface area (Å²) in [4.78, 5) is 3.79. The Hall–Kier alpha value is -1.52. The number of anilines is 1. The topological polar surface area (TPSA) is 24.5 Å². The predicted octanol–water partition coefficient (Wildman–Crippen LogP) is 2.78. The fourth-order valence-electron chi connectivity index (χ4n) is 2.40. The Kier molecular flexibility index (Phi) is 4.56. The van der Waals surface area contributed by atoms with E-state index < -0.39 is 0 Å². The van der Waals surface area contributed by atoms with E-state index in [0.717, 1.165) is 45.0 Å². The standard InChI is InChI=1S/C16H20N2OS/c1-2-16(20-13-1)7-12-19-15-5-3-14(4-6-15)18-10-8-17-9-11-18/h1-6,13,17H,7-12H2. The Bertz CT molecular complexity index is 504. The summed E-state index contributed by atoms with van der Waals surface area (Å²) in [5.41, 5.74) is 1.29. The molecule has 1 fully saturated rings. The first-order valence-corrected chi connectivity index (χ1v) is 8.01. The van der Waals surface area contributed by atoms with Gasteiger partial charge < -0.3 is 15.0 Å². The molecule has 2 heterocycles. The summed E-state index contributed by atoms with van der Waals surface area (Å²) < 4.78 is 5.80. The van der Waals surface area contributed by atoms with Crippen LogP contribution in [0.15, 0.2) is 41.8 Å². The SMILES string of the molecule is c1csc(CCOc2ccc(N3CCNCC3)cc2)c1. The number of hydrogen-bond acceptors (Lipinski definition) is 4. The van der Waals surface area contributed by atoms with Crippen molar-refractivity contribution in [2.24, 2.45) is 0 Å². The summed E-state index contributed by atoms with van der Waals surface area (Å²) >= 11 is 1.79. The van der Waals surface area contributed by atoms with Crippen LogP contribution >= 0.6 is 11.3 Å². The van der Waals surface area contributed by atoms with E-state index in [2.05, 4.69) is 52.0 Å². The average Bonchev–Trinajstić information content (AvgIpc) is 3.02. The quantitative estimate of drug-likeness (QED) is 0.915. The second-order valence-electron chi connectivity index (χ2n) is 4.91. The fourth-order valence-corrected chi connectivity index (χ4v) is 3.09. The molecule has 0 spiro atoms. The number of thiophene rings is 1. The van der Waals surface area contributed by atoms with Gasteiger partial charge in [-0.05, 0) is 35.7 Å². The van der Waals surface area contributed by atoms with Crippen LogP contribution in [-0.2, 0) is 6.42 Å². The molecule has 0 unspecified atom stereocenters. The van der Waals surface area contributed by atoms with Crippen molar-refractivity contribution in [2.75, 3.05) is 37.7 Å². The van der Waals surface area contributed by atoms with Crippen molar-refractivity contribution >= 4 is 17.0 Å². The van der Waals surface area contributed by atoms with Crippen LogP contribution in [0.3, 0.4) is 0 Å². The largest absolute Gasteiger partial charge is 0.493 e. The first-order valence-electron chi connectivity index (χ1n) is 7.13. The maximum atomic E-state index is 5.80. The van der Waals surface area contributed by atoms with Gasteiger partial charge in [0.05, 0.1) is 6.61 Å². The summed E-state index contributed by atoms with van der Waals surface area (Å²) in [6.07, 6.45) is 0.983. The average molecular weight is 288 g/mol. The second-order valence-corrected chi connectivity index (χ2v) is 5.94. The van der Waals surface area contributed by atoms with Gasteiger partial charge in [-0.3, -0.25) is 0 Å². The lowest BCUT2D eigenvalue weighted by Crippen LogP contribution is -2.43. The number of hydrogen-bond donors (Lipinski definition) is 1. The van der Waals surface area contributed by atoms with Crippen LogP contribution < -0.4 is 15.0 Å². The highest BCUT2D eigenvalue weighted by Gasteiger charge is 2.09. The van der Waals surface area contributed by atoms with Gasteiger partial charge in [-0.1, -0.05) is 6.07 Å². The smallest absolute Gasteiger partial charge is 0.119 e. The maximum Gasteiger partial charge on any atom is 0.119 e. The molecule has 0 amide bonds. The lowest BCUT2D eigenvalue weighted by atomic mass is 10.2. The second kappa shape index (κ2) is 6.77. The lowest BCUT2D eigenvalue weighted by molar-refractivity contribution is 0.323. The first kappa shape index (κ1) is 13.5. The molecular formula is C16H20N2OS. The van der Waals surface area contributed by atoms with E-state index in [4.69, 9.17) is 4.74 Å². The summed E-state index contributed by atoms with van der Waals surface area (Å²) in [5, 5.41) is 5.48. The zero-order valence-corrected chi connectivity index (χ0v) is 12.4. The molecule has 1 aromatic heterocycles. The van der Waals surface area contributed by atoms with Crippen LogP contribution in [0.5, 0.6) is 5.75 Å². The molecule has 0 aliphatic carbocycles. The molecule has 0 radical (unpaired) electrons. The van der Waals surface area contributed by atoms with Crippen molar-refractivity contribution in [1.29, 1.82) is 0 Å². The third kappa shape index (κ3) is 3.52. The molecule has 1 aliphatic rings. The molecule has 4 heteroatoms. The van der Waals surface area contributed by atoms with Gasteiger partial charge in [0.15, 0.2) is 0 Å². The van der Waals surface area contributed by atoms with Crippen LogP contribution in [0, 0.1) is 0 Å². The highest BCUT2D eigenvalue weighted by Crippen LogP contribution is 2.20. The number of benzene rings is 1. The van der Waals surface area contributed by atoms with Crippen molar-refractivity contribution in [3.8, 4) is 5.75 Å². The van der Waals surface area contributed by atoms with Gasteiger partial charge in [0.2, 0.25) is 0 Å². The van der Waals surface area contributed by atoms with Crippen LogP contribution in [0.2, 0.25) is 0 Å². The molecule has 0 saturated carbocycles. The maximum absolute atomic E-state index is 5.80. The number of ether oxygens (including phenoxy) is 1. The zero-order chi connectivity index (χ0) is 13.6. The molecule has 1 N–H and O–H groups in total. The van der Waals surface area contributed by atoms with E-state index in [0.29, 0.717) is 0 Å². The van der Waals surface area contributed by atoms with Gasteiger partial charge in [-0.15, -0.1) is 11.3 Å². The molecular weight excluding hydrogens is 268 g/mol. The first-order chi connectivity index (χ1) is 9.92. The van der Waals surface area contributed by atoms with Gasteiger partial charge in [0, 0.05) is 43.2 Å². The minimum absolute atomic E-state index is 0.744. The van der Waals surface area contributed by atoms with Gasteiger partial charge in [-0.25, -0.2) is 0 Å². The third-order valence-corrected chi connectivity index (χ3v) is 4.45. The number of piperazine rings is 1. The molecule has 1 aliphatic heterocycles. The van der Waals surface area contributed by atoms with E-state index in [1.807, 2.05) is 0 Å².